The molecule has 1 aliphatic rings. The van der Waals surface area contributed by atoms with Crippen molar-refractivity contribution in [2.75, 3.05) is 25.0 Å². The molecule has 2 aromatic rings. The maximum Gasteiger partial charge on any atom is 0.323 e. The molecule has 23 heavy (non-hydrogen) atoms. The zero-order valence-electron chi connectivity index (χ0n) is 13.2. The number of anilines is 1. The van der Waals surface area contributed by atoms with Gasteiger partial charge in [-0.25, -0.2) is 0 Å². The second-order valence-corrected chi connectivity index (χ2v) is 7.62. The van der Waals surface area contributed by atoms with Crippen molar-refractivity contribution in [3.05, 3.63) is 36.0 Å². The van der Waals surface area contributed by atoms with Crippen molar-refractivity contribution in [3.8, 4) is 0 Å². The van der Waals surface area contributed by atoms with E-state index in [0.29, 0.717) is 17.5 Å². The van der Waals surface area contributed by atoms with E-state index in [2.05, 4.69) is 22.1 Å². The Morgan fingerprint density at radius 2 is 2.09 bits per heavy atom. The summed E-state index contributed by atoms with van der Waals surface area (Å²) in [4.78, 5) is 6.52. The Kier molecular flexibility index (Phi) is 4.73. The standard InChI is InChI=1S/C17H20F2IN3/c1-11-8-12(21-2)10-23(9-11)15-6-5-14(17(18,19)20)16-13(15)4-3-7-22-16/h3-7,11-12,21H,8-10H2,1-2H3/t11-,12+/m0/s1. The molecular formula is C17H20F2IN3. The van der Waals surface area contributed by atoms with Gasteiger partial charge in [0.1, 0.15) is 0 Å². The lowest BCUT2D eigenvalue weighted by molar-refractivity contribution is 0.129. The Bertz CT molecular complexity index is 702. The number of pyridine rings is 1. The molecule has 1 saturated heterocycles. The molecule has 0 radical (unpaired) electrons. The highest BCUT2D eigenvalue weighted by Crippen LogP contribution is 2.41. The smallest absolute Gasteiger partial charge is 0.323 e. The van der Waals surface area contributed by atoms with Crippen molar-refractivity contribution in [3.63, 3.8) is 0 Å². The third kappa shape index (κ3) is 3.42. The zero-order valence-corrected chi connectivity index (χ0v) is 15.3. The van der Waals surface area contributed by atoms with Gasteiger partial charge in [0.25, 0.3) is 0 Å². The highest BCUT2D eigenvalue weighted by molar-refractivity contribution is 14.1. The highest BCUT2D eigenvalue weighted by Gasteiger charge is 2.31. The third-order valence-electron chi connectivity index (χ3n) is 4.46. The van der Waals surface area contributed by atoms with Gasteiger partial charge in [-0.2, -0.15) is 8.78 Å². The average Bonchev–Trinajstić information content (AvgIpc) is 2.52. The first-order valence-electron chi connectivity index (χ1n) is 7.77. The number of alkyl halides is 3. The van der Waals surface area contributed by atoms with Crippen LogP contribution in [0, 0.1) is 5.92 Å². The molecular weight excluding hydrogens is 411 g/mol. The number of fused-ring (bicyclic) bond motifs is 1. The lowest BCUT2D eigenvalue weighted by atomic mass is 9.94. The van der Waals surface area contributed by atoms with Crippen molar-refractivity contribution < 1.29 is 8.78 Å². The van der Waals surface area contributed by atoms with Crippen LogP contribution in [0.2, 0.25) is 0 Å². The van der Waals surface area contributed by atoms with Crippen LogP contribution >= 0.6 is 22.6 Å². The molecule has 124 valence electrons. The van der Waals surface area contributed by atoms with Gasteiger partial charge in [-0.1, -0.05) is 6.92 Å². The van der Waals surface area contributed by atoms with Gasteiger partial charge in [0.2, 0.25) is 0 Å². The van der Waals surface area contributed by atoms with Crippen LogP contribution in [-0.4, -0.2) is 31.2 Å². The molecule has 1 aliphatic heterocycles. The number of halogens is 3. The molecule has 0 amide bonds. The first kappa shape index (κ1) is 16.8. The van der Waals surface area contributed by atoms with Gasteiger partial charge in [-0.15, -0.1) is 0 Å². The molecule has 2 heterocycles. The minimum absolute atomic E-state index is 0.0207. The second-order valence-electron chi connectivity index (χ2n) is 6.26. The van der Waals surface area contributed by atoms with E-state index in [1.165, 1.54) is 28.7 Å². The Morgan fingerprint density at radius 3 is 2.78 bits per heavy atom. The minimum Gasteiger partial charge on any atom is -0.369 e. The molecule has 0 aliphatic carbocycles. The molecule has 3 nitrogen and oxygen atoms in total. The second kappa shape index (κ2) is 6.47. The van der Waals surface area contributed by atoms with Gasteiger partial charge in [-0.05, 0) is 43.7 Å². The normalized spacial score (nSPS) is 22.6. The van der Waals surface area contributed by atoms with Crippen LogP contribution in [0.5, 0.6) is 0 Å². The van der Waals surface area contributed by atoms with E-state index in [1.807, 2.05) is 25.2 Å². The molecule has 1 aromatic heterocycles. The monoisotopic (exact) mass is 431 g/mol. The molecule has 1 fully saturated rings. The van der Waals surface area contributed by atoms with Gasteiger partial charge in [0, 0.05) is 59.0 Å². The van der Waals surface area contributed by atoms with Crippen molar-refractivity contribution in [1.82, 2.24) is 10.3 Å². The van der Waals surface area contributed by atoms with Crippen LogP contribution in [0.3, 0.4) is 0 Å². The van der Waals surface area contributed by atoms with E-state index in [1.54, 1.807) is 6.20 Å². The maximum absolute atomic E-state index is 13.9. The molecule has 0 unspecified atom stereocenters. The fourth-order valence-electron chi connectivity index (χ4n) is 3.42. The van der Waals surface area contributed by atoms with Crippen LogP contribution in [0.4, 0.5) is 14.5 Å². The number of hydrogen-bond donors (Lipinski definition) is 1. The van der Waals surface area contributed by atoms with Crippen LogP contribution < -0.4 is 10.2 Å². The lowest BCUT2D eigenvalue weighted by Crippen LogP contribution is -2.47. The van der Waals surface area contributed by atoms with E-state index < -0.39 is 3.93 Å². The summed E-state index contributed by atoms with van der Waals surface area (Å²) in [7, 11) is 1.97. The van der Waals surface area contributed by atoms with E-state index in [0.717, 1.165) is 30.6 Å². The topological polar surface area (TPSA) is 28.2 Å². The number of hydrogen-bond acceptors (Lipinski definition) is 3. The predicted octanol–water partition coefficient (Wildman–Crippen LogP) is 4.15. The summed E-state index contributed by atoms with van der Waals surface area (Å²) in [5.41, 5.74) is 1.36. The molecule has 0 bridgehead atoms. The zero-order chi connectivity index (χ0) is 16.6. The summed E-state index contributed by atoms with van der Waals surface area (Å²) in [6, 6.07) is 7.44. The Labute approximate surface area is 148 Å². The van der Waals surface area contributed by atoms with E-state index in [4.69, 9.17) is 0 Å². The summed E-state index contributed by atoms with van der Waals surface area (Å²) in [6.45, 7) is 4.04. The maximum atomic E-state index is 13.9. The fourth-order valence-corrected chi connectivity index (χ4v) is 3.85. The average molecular weight is 431 g/mol. The van der Waals surface area contributed by atoms with E-state index in [9.17, 15) is 8.78 Å². The van der Waals surface area contributed by atoms with Gasteiger partial charge in [0.15, 0.2) is 0 Å². The van der Waals surface area contributed by atoms with Crippen molar-refractivity contribution >= 4 is 39.2 Å². The van der Waals surface area contributed by atoms with Gasteiger partial charge in [0.05, 0.1) is 11.1 Å². The van der Waals surface area contributed by atoms with Gasteiger partial charge >= 0.3 is 3.93 Å². The summed E-state index contributed by atoms with van der Waals surface area (Å²) in [6.07, 6.45) is 2.71. The Hall–Kier alpha value is -1.02. The predicted molar refractivity (Wildman–Crippen MR) is 98.5 cm³/mol. The van der Waals surface area contributed by atoms with Crippen LogP contribution in [0.1, 0.15) is 18.9 Å². The third-order valence-corrected chi connectivity index (χ3v) is 5.04. The summed E-state index contributed by atoms with van der Waals surface area (Å²) < 4.78 is 24.8. The number of nitrogens with zero attached hydrogens (tertiary/aromatic N) is 2. The van der Waals surface area contributed by atoms with Crippen LogP contribution in [-0.2, 0) is 3.93 Å². The van der Waals surface area contributed by atoms with E-state index >= 15 is 0 Å². The first-order valence-corrected chi connectivity index (χ1v) is 8.85. The van der Waals surface area contributed by atoms with E-state index in [-0.39, 0.29) is 5.56 Å². The Morgan fingerprint density at radius 1 is 1.30 bits per heavy atom. The SMILES string of the molecule is CN[C@@H]1C[C@H](C)CN(c2ccc(C(F)(F)I)c3ncccc23)C1. The first-order chi connectivity index (χ1) is 10.9. The molecule has 3 rings (SSSR count). The highest BCUT2D eigenvalue weighted by atomic mass is 127. The summed E-state index contributed by atoms with van der Waals surface area (Å²) in [5.74, 6) is 0.554. The Balaban J connectivity index is 2.09. The largest absolute Gasteiger partial charge is 0.369 e. The van der Waals surface area contributed by atoms with Crippen LogP contribution in [0.15, 0.2) is 30.5 Å². The molecule has 2 atom stereocenters. The summed E-state index contributed by atoms with van der Waals surface area (Å²) in [5, 5.41) is 4.14. The number of rotatable bonds is 3. The van der Waals surface area contributed by atoms with Crippen LogP contribution in [0.25, 0.3) is 10.9 Å². The number of piperidine rings is 1. The van der Waals surface area contributed by atoms with Crippen molar-refractivity contribution in [2.24, 2.45) is 5.92 Å². The number of likely N-dealkylation sites (N-methyl/N-ethyl adjacent to an activating group) is 1. The quantitative estimate of drug-likeness (QED) is 0.585. The summed E-state index contributed by atoms with van der Waals surface area (Å²) >= 11 is 1.17. The molecule has 0 saturated carbocycles. The number of nitrogens with one attached hydrogen (secondary N) is 1. The van der Waals surface area contributed by atoms with Crippen molar-refractivity contribution in [1.29, 1.82) is 0 Å². The molecule has 1 N–H and O–H groups in total. The number of benzene rings is 1. The van der Waals surface area contributed by atoms with Crippen molar-refractivity contribution in [2.45, 2.75) is 23.3 Å². The molecule has 0 spiro atoms. The number of aromatic nitrogens is 1. The molecule has 6 heteroatoms. The fraction of sp³-hybridized carbons (Fsp3) is 0.471. The van der Waals surface area contributed by atoms with Gasteiger partial charge in [-0.3, -0.25) is 4.98 Å². The molecule has 1 aromatic carbocycles. The van der Waals surface area contributed by atoms with Gasteiger partial charge < -0.3 is 10.2 Å². The minimum atomic E-state index is -2.93. The lowest BCUT2D eigenvalue weighted by Gasteiger charge is -2.38.